The summed E-state index contributed by atoms with van der Waals surface area (Å²) in [5, 5.41) is 0. The number of nitrogens with two attached hydrogens (primary N) is 1. The Kier molecular flexibility index (Phi) is 5.63. The summed E-state index contributed by atoms with van der Waals surface area (Å²) in [7, 11) is 0. The number of rotatable bonds is 2. The average molecular weight is 269 g/mol. The largest absolute Gasteiger partial charge is 0.342 e. The second-order valence-electron chi connectivity index (χ2n) is 4.82. The molecule has 4 heteroatoms. The van der Waals surface area contributed by atoms with Crippen molar-refractivity contribution in [3.63, 3.8) is 0 Å². The van der Waals surface area contributed by atoms with Gasteiger partial charge in [0.05, 0.1) is 6.42 Å². The van der Waals surface area contributed by atoms with Crippen LogP contribution in [-0.2, 0) is 11.2 Å². The Balaban J connectivity index is 0.00000162. The van der Waals surface area contributed by atoms with E-state index >= 15 is 0 Å². The lowest BCUT2D eigenvalue weighted by molar-refractivity contribution is -0.131. The minimum absolute atomic E-state index is 0. The average Bonchev–Trinajstić information content (AvgIpc) is 2.33. The van der Waals surface area contributed by atoms with Gasteiger partial charge in [-0.25, -0.2) is 0 Å². The predicted octanol–water partition coefficient (Wildman–Crippen LogP) is 1.91. The molecule has 0 bridgehead atoms. The zero-order valence-electron chi connectivity index (χ0n) is 10.8. The van der Waals surface area contributed by atoms with E-state index < -0.39 is 0 Å². The van der Waals surface area contributed by atoms with Crippen molar-refractivity contribution in [3.05, 3.63) is 35.4 Å². The minimum Gasteiger partial charge on any atom is -0.342 e. The van der Waals surface area contributed by atoms with Crippen molar-refractivity contribution >= 4 is 18.3 Å². The van der Waals surface area contributed by atoms with Crippen molar-refractivity contribution in [2.75, 3.05) is 13.1 Å². The van der Waals surface area contributed by atoms with Crippen molar-refractivity contribution < 1.29 is 4.79 Å². The summed E-state index contributed by atoms with van der Waals surface area (Å²) in [6.07, 6.45) is 2.38. The maximum Gasteiger partial charge on any atom is 0.227 e. The van der Waals surface area contributed by atoms with Crippen molar-refractivity contribution in [1.29, 1.82) is 0 Å². The summed E-state index contributed by atoms with van der Waals surface area (Å²) in [5.41, 5.74) is 8.16. The minimum atomic E-state index is 0. The SMILES string of the molecule is Cc1ccccc1CC(=O)N1CCC(N)CC1.Cl. The third-order valence-corrected chi connectivity index (χ3v) is 3.50. The van der Waals surface area contributed by atoms with Crippen LogP contribution in [0, 0.1) is 6.92 Å². The van der Waals surface area contributed by atoms with Crippen LogP contribution in [0.4, 0.5) is 0 Å². The summed E-state index contributed by atoms with van der Waals surface area (Å²) in [4.78, 5) is 14.1. The Hall–Kier alpha value is -1.06. The van der Waals surface area contributed by atoms with Crippen molar-refractivity contribution in [2.45, 2.75) is 32.2 Å². The maximum absolute atomic E-state index is 12.1. The number of hydrogen-bond donors (Lipinski definition) is 1. The number of benzene rings is 1. The fraction of sp³-hybridized carbons (Fsp3) is 0.500. The fourth-order valence-corrected chi connectivity index (χ4v) is 2.23. The standard InChI is InChI=1S/C14H20N2O.ClH/c1-11-4-2-3-5-12(11)10-14(17)16-8-6-13(15)7-9-16;/h2-5,13H,6-10,15H2,1H3;1H. The molecule has 0 radical (unpaired) electrons. The van der Waals surface area contributed by atoms with Gasteiger partial charge in [-0.1, -0.05) is 24.3 Å². The first kappa shape index (κ1) is 15.0. The zero-order valence-corrected chi connectivity index (χ0v) is 11.6. The van der Waals surface area contributed by atoms with E-state index in [1.54, 1.807) is 0 Å². The van der Waals surface area contributed by atoms with Gasteiger partial charge < -0.3 is 10.6 Å². The van der Waals surface area contributed by atoms with E-state index in [1.807, 2.05) is 23.1 Å². The van der Waals surface area contributed by atoms with Gasteiger partial charge in [0.25, 0.3) is 0 Å². The Morgan fingerprint density at radius 2 is 1.94 bits per heavy atom. The van der Waals surface area contributed by atoms with Crippen LogP contribution in [0.3, 0.4) is 0 Å². The molecule has 0 aromatic heterocycles. The van der Waals surface area contributed by atoms with Gasteiger partial charge in [0.2, 0.25) is 5.91 Å². The van der Waals surface area contributed by atoms with Crippen LogP contribution in [-0.4, -0.2) is 29.9 Å². The van der Waals surface area contributed by atoms with E-state index in [0.29, 0.717) is 6.42 Å². The van der Waals surface area contributed by atoms with Crippen LogP contribution in [0.5, 0.6) is 0 Å². The zero-order chi connectivity index (χ0) is 12.3. The lowest BCUT2D eigenvalue weighted by Gasteiger charge is -2.30. The monoisotopic (exact) mass is 268 g/mol. The first-order valence-electron chi connectivity index (χ1n) is 6.24. The molecule has 0 atom stereocenters. The molecular weight excluding hydrogens is 248 g/mol. The molecule has 1 aromatic rings. The molecule has 0 spiro atoms. The number of carbonyl (C=O) groups is 1. The lowest BCUT2D eigenvalue weighted by atomic mass is 10.0. The molecule has 2 rings (SSSR count). The first-order chi connectivity index (χ1) is 8.16. The number of aryl methyl sites for hydroxylation is 1. The number of hydrogen-bond acceptors (Lipinski definition) is 2. The Morgan fingerprint density at radius 3 is 2.56 bits per heavy atom. The normalized spacial score (nSPS) is 16.2. The molecule has 1 amide bonds. The molecule has 1 aliphatic rings. The molecule has 0 aliphatic carbocycles. The molecule has 1 saturated heterocycles. The number of carbonyl (C=O) groups excluding carboxylic acids is 1. The molecule has 1 fully saturated rings. The topological polar surface area (TPSA) is 46.3 Å². The van der Waals surface area contributed by atoms with Gasteiger partial charge >= 0.3 is 0 Å². The highest BCUT2D eigenvalue weighted by atomic mass is 35.5. The molecule has 1 heterocycles. The van der Waals surface area contributed by atoms with Gasteiger partial charge in [0.15, 0.2) is 0 Å². The number of piperidine rings is 1. The second-order valence-corrected chi connectivity index (χ2v) is 4.82. The van der Waals surface area contributed by atoms with Crippen LogP contribution < -0.4 is 5.73 Å². The van der Waals surface area contributed by atoms with Crippen LogP contribution >= 0.6 is 12.4 Å². The summed E-state index contributed by atoms with van der Waals surface area (Å²) < 4.78 is 0. The molecule has 0 unspecified atom stereocenters. The molecule has 1 aliphatic heterocycles. The smallest absolute Gasteiger partial charge is 0.227 e. The predicted molar refractivity (Wildman–Crippen MR) is 75.9 cm³/mol. The summed E-state index contributed by atoms with van der Waals surface area (Å²) >= 11 is 0. The lowest BCUT2D eigenvalue weighted by Crippen LogP contribution is -2.43. The van der Waals surface area contributed by atoms with Crippen LogP contribution in [0.25, 0.3) is 0 Å². The van der Waals surface area contributed by atoms with Gasteiger partial charge in [-0.3, -0.25) is 4.79 Å². The second kappa shape index (κ2) is 6.76. The Morgan fingerprint density at radius 1 is 1.33 bits per heavy atom. The third kappa shape index (κ3) is 3.72. The maximum atomic E-state index is 12.1. The quantitative estimate of drug-likeness (QED) is 0.891. The van der Waals surface area contributed by atoms with E-state index in [0.717, 1.165) is 31.5 Å². The van der Waals surface area contributed by atoms with E-state index in [2.05, 4.69) is 13.0 Å². The number of amides is 1. The number of likely N-dealkylation sites (tertiary alicyclic amines) is 1. The van der Waals surface area contributed by atoms with Gasteiger partial charge in [-0.2, -0.15) is 0 Å². The van der Waals surface area contributed by atoms with E-state index in [1.165, 1.54) is 5.56 Å². The highest BCUT2D eigenvalue weighted by molar-refractivity contribution is 5.85. The first-order valence-corrected chi connectivity index (χ1v) is 6.24. The Bertz CT molecular complexity index is 401. The third-order valence-electron chi connectivity index (χ3n) is 3.50. The van der Waals surface area contributed by atoms with Gasteiger partial charge in [-0.15, -0.1) is 12.4 Å². The van der Waals surface area contributed by atoms with Crippen LogP contribution in [0.1, 0.15) is 24.0 Å². The van der Waals surface area contributed by atoms with Crippen LogP contribution in [0.2, 0.25) is 0 Å². The fourth-order valence-electron chi connectivity index (χ4n) is 2.23. The van der Waals surface area contributed by atoms with E-state index in [9.17, 15) is 4.79 Å². The molecule has 2 N–H and O–H groups in total. The molecule has 3 nitrogen and oxygen atoms in total. The van der Waals surface area contributed by atoms with E-state index in [4.69, 9.17) is 5.73 Å². The van der Waals surface area contributed by atoms with E-state index in [-0.39, 0.29) is 24.4 Å². The van der Waals surface area contributed by atoms with Crippen LogP contribution in [0.15, 0.2) is 24.3 Å². The van der Waals surface area contributed by atoms with Crippen molar-refractivity contribution in [1.82, 2.24) is 4.90 Å². The van der Waals surface area contributed by atoms with Crippen molar-refractivity contribution in [2.24, 2.45) is 5.73 Å². The molecule has 1 aromatic carbocycles. The Labute approximate surface area is 115 Å². The molecular formula is C14H21ClN2O. The summed E-state index contributed by atoms with van der Waals surface area (Å²) in [5.74, 6) is 0.228. The summed E-state index contributed by atoms with van der Waals surface area (Å²) in [6, 6.07) is 8.35. The van der Waals surface area contributed by atoms with Gasteiger partial charge in [0, 0.05) is 19.1 Å². The highest BCUT2D eigenvalue weighted by Crippen LogP contribution is 2.13. The highest BCUT2D eigenvalue weighted by Gasteiger charge is 2.20. The van der Waals surface area contributed by atoms with Gasteiger partial charge in [0.1, 0.15) is 0 Å². The molecule has 18 heavy (non-hydrogen) atoms. The number of halogens is 1. The van der Waals surface area contributed by atoms with Gasteiger partial charge in [-0.05, 0) is 30.9 Å². The van der Waals surface area contributed by atoms with Crippen molar-refractivity contribution in [3.8, 4) is 0 Å². The summed E-state index contributed by atoms with van der Waals surface area (Å²) in [6.45, 7) is 3.67. The molecule has 100 valence electrons. The molecule has 0 saturated carbocycles. The number of nitrogens with zero attached hydrogens (tertiary/aromatic N) is 1.